The van der Waals surface area contributed by atoms with E-state index in [1.54, 1.807) is 0 Å². The lowest BCUT2D eigenvalue weighted by Crippen LogP contribution is -2.31. The van der Waals surface area contributed by atoms with E-state index in [1.165, 1.54) is 7.11 Å². The number of carbonyl (C=O) groups is 1. The molecule has 0 amide bonds. The van der Waals surface area contributed by atoms with Crippen LogP contribution >= 0.6 is 0 Å². The molecule has 0 radical (unpaired) electrons. The van der Waals surface area contributed by atoms with E-state index < -0.39 is 0 Å². The van der Waals surface area contributed by atoms with E-state index in [0.29, 0.717) is 18.1 Å². The van der Waals surface area contributed by atoms with E-state index in [4.69, 9.17) is 9.47 Å². The van der Waals surface area contributed by atoms with Crippen LogP contribution in [0.15, 0.2) is 0 Å². The average molecular weight is 241 g/mol. The molecule has 0 N–H and O–H groups in total. The summed E-state index contributed by atoms with van der Waals surface area (Å²) in [5.74, 6) is 0.362. The lowest BCUT2D eigenvalue weighted by molar-refractivity contribution is -0.146. The molecule has 0 saturated carbocycles. The number of esters is 1. The summed E-state index contributed by atoms with van der Waals surface area (Å²) < 4.78 is 10.7. The van der Waals surface area contributed by atoms with Crippen molar-refractivity contribution >= 4 is 5.97 Å². The topological polar surface area (TPSA) is 38.8 Å². The normalized spacial score (nSPS) is 38.5. The Labute approximate surface area is 103 Å². The number of hydrogen-bond donors (Lipinski definition) is 0. The quantitative estimate of drug-likeness (QED) is 0.698. The Morgan fingerprint density at radius 1 is 1.35 bits per heavy atom. The fraction of sp³-hybridized carbons (Fsp3) is 0.923. The van der Waals surface area contributed by atoms with Gasteiger partial charge in [0.25, 0.3) is 0 Å². The van der Waals surface area contributed by atoms with Gasteiger partial charge < -0.3 is 9.47 Å². The Morgan fingerprint density at radius 2 is 2.12 bits per heavy atom. The number of methoxy groups -OCH3 is 1. The van der Waals surface area contributed by atoms with Gasteiger partial charge in [-0.05, 0) is 25.7 Å². The fourth-order valence-corrected chi connectivity index (χ4v) is 2.98. The first-order chi connectivity index (χ1) is 8.10. The van der Waals surface area contributed by atoms with E-state index in [2.05, 4.69) is 18.7 Å². The van der Waals surface area contributed by atoms with Crippen LogP contribution < -0.4 is 0 Å². The first-order valence-corrected chi connectivity index (χ1v) is 6.55. The van der Waals surface area contributed by atoms with Crippen molar-refractivity contribution in [1.82, 2.24) is 4.90 Å². The first-order valence-electron chi connectivity index (χ1n) is 6.55. The van der Waals surface area contributed by atoms with Crippen molar-refractivity contribution in [3.63, 3.8) is 0 Å². The van der Waals surface area contributed by atoms with E-state index >= 15 is 0 Å². The van der Waals surface area contributed by atoms with E-state index in [0.717, 1.165) is 32.5 Å². The molecule has 0 aromatic rings. The minimum atomic E-state index is -0.0688. The minimum Gasteiger partial charge on any atom is -0.469 e. The maximum atomic E-state index is 11.6. The van der Waals surface area contributed by atoms with Gasteiger partial charge in [-0.1, -0.05) is 6.92 Å². The second-order valence-electron chi connectivity index (χ2n) is 5.47. The van der Waals surface area contributed by atoms with E-state index in [9.17, 15) is 4.79 Å². The highest BCUT2D eigenvalue weighted by Gasteiger charge is 2.37. The minimum absolute atomic E-state index is 0.0406. The molecule has 2 fully saturated rings. The van der Waals surface area contributed by atoms with Gasteiger partial charge in [0.05, 0.1) is 25.2 Å². The second kappa shape index (κ2) is 5.36. The third kappa shape index (κ3) is 2.99. The Bertz CT molecular complexity index is 282. The molecule has 0 spiro atoms. The summed E-state index contributed by atoms with van der Waals surface area (Å²) in [7, 11) is 1.47. The zero-order valence-electron chi connectivity index (χ0n) is 11.0. The predicted octanol–water partition coefficient (Wildman–Crippen LogP) is 1.29. The Kier molecular flexibility index (Phi) is 4.05. The summed E-state index contributed by atoms with van der Waals surface area (Å²) in [4.78, 5) is 13.9. The van der Waals surface area contributed by atoms with Gasteiger partial charge >= 0.3 is 5.97 Å². The number of carbonyl (C=O) groups excluding carboxylic acids is 1. The summed E-state index contributed by atoms with van der Waals surface area (Å²) in [6, 6.07) is 0. The number of ether oxygens (including phenoxy) is 2. The molecule has 17 heavy (non-hydrogen) atoms. The van der Waals surface area contributed by atoms with E-state index in [-0.39, 0.29) is 11.9 Å². The molecule has 4 nitrogen and oxygen atoms in total. The summed E-state index contributed by atoms with van der Waals surface area (Å²) in [5, 5.41) is 0. The van der Waals surface area contributed by atoms with E-state index in [1.807, 2.05) is 0 Å². The van der Waals surface area contributed by atoms with Crippen LogP contribution in [0.4, 0.5) is 0 Å². The number of nitrogens with zero attached hydrogens (tertiary/aromatic N) is 1. The van der Waals surface area contributed by atoms with Gasteiger partial charge in [-0.3, -0.25) is 9.69 Å². The number of hydrogen-bond acceptors (Lipinski definition) is 4. The Balaban J connectivity index is 1.82. The third-order valence-electron chi connectivity index (χ3n) is 3.97. The van der Waals surface area contributed by atoms with Crippen LogP contribution in [-0.2, 0) is 14.3 Å². The van der Waals surface area contributed by atoms with Gasteiger partial charge in [0.1, 0.15) is 0 Å². The molecule has 0 aromatic heterocycles. The van der Waals surface area contributed by atoms with Crippen LogP contribution in [0.2, 0.25) is 0 Å². The number of likely N-dealkylation sites (tertiary alicyclic amines) is 1. The van der Waals surface area contributed by atoms with Crippen LogP contribution in [0, 0.1) is 11.8 Å². The highest BCUT2D eigenvalue weighted by atomic mass is 16.5. The molecule has 4 heteroatoms. The fourth-order valence-electron chi connectivity index (χ4n) is 2.98. The highest BCUT2D eigenvalue weighted by molar-refractivity contribution is 5.73. The van der Waals surface area contributed by atoms with Crippen LogP contribution in [0.5, 0.6) is 0 Å². The number of rotatable bonds is 3. The summed E-state index contributed by atoms with van der Waals surface area (Å²) in [6.07, 6.45) is 3.06. The molecule has 0 bridgehead atoms. The van der Waals surface area contributed by atoms with Crippen molar-refractivity contribution in [2.75, 3.05) is 26.7 Å². The molecule has 0 aromatic carbocycles. The summed E-state index contributed by atoms with van der Waals surface area (Å²) in [5.41, 5.74) is 0. The van der Waals surface area contributed by atoms with Crippen LogP contribution in [0.1, 0.15) is 26.7 Å². The Hall–Kier alpha value is -0.610. The zero-order chi connectivity index (χ0) is 12.4. The SMILES string of the molecule is COC(=O)C1CN(CC2CCC(C)O2)CC1C. The Morgan fingerprint density at radius 3 is 2.71 bits per heavy atom. The molecular formula is C13H23NO3. The van der Waals surface area contributed by atoms with Crippen molar-refractivity contribution in [2.45, 2.75) is 38.9 Å². The molecule has 2 saturated heterocycles. The van der Waals surface area contributed by atoms with Crippen LogP contribution in [0.3, 0.4) is 0 Å². The van der Waals surface area contributed by atoms with Gasteiger partial charge in [-0.25, -0.2) is 0 Å². The van der Waals surface area contributed by atoms with Crippen molar-refractivity contribution < 1.29 is 14.3 Å². The third-order valence-corrected chi connectivity index (χ3v) is 3.97. The van der Waals surface area contributed by atoms with Crippen molar-refractivity contribution in [2.24, 2.45) is 11.8 Å². The smallest absolute Gasteiger partial charge is 0.310 e. The molecular weight excluding hydrogens is 218 g/mol. The monoisotopic (exact) mass is 241 g/mol. The molecule has 2 heterocycles. The lowest BCUT2D eigenvalue weighted by Gasteiger charge is -2.20. The highest BCUT2D eigenvalue weighted by Crippen LogP contribution is 2.27. The van der Waals surface area contributed by atoms with Gasteiger partial charge in [0, 0.05) is 19.6 Å². The maximum absolute atomic E-state index is 11.6. The molecule has 4 atom stereocenters. The maximum Gasteiger partial charge on any atom is 0.310 e. The van der Waals surface area contributed by atoms with Crippen LogP contribution in [0.25, 0.3) is 0 Å². The van der Waals surface area contributed by atoms with Crippen molar-refractivity contribution in [3.05, 3.63) is 0 Å². The van der Waals surface area contributed by atoms with Crippen molar-refractivity contribution in [3.8, 4) is 0 Å². The second-order valence-corrected chi connectivity index (χ2v) is 5.47. The van der Waals surface area contributed by atoms with Crippen molar-refractivity contribution in [1.29, 1.82) is 0 Å². The zero-order valence-corrected chi connectivity index (χ0v) is 11.0. The summed E-state index contributed by atoms with van der Waals surface area (Å²) >= 11 is 0. The standard InChI is InChI=1S/C13H23NO3/c1-9-6-14(8-12(9)13(15)16-3)7-11-5-4-10(2)17-11/h9-12H,4-8H2,1-3H3. The van der Waals surface area contributed by atoms with Gasteiger partial charge in [0.2, 0.25) is 0 Å². The largest absolute Gasteiger partial charge is 0.469 e. The molecule has 2 aliphatic heterocycles. The molecule has 2 aliphatic rings. The first kappa shape index (κ1) is 12.8. The molecule has 4 unspecified atom stereocenters. The van der Waals surface area contributed by atoms with Gasteiger partial charge in [-0.15, -0.1) is 0 Å². The molecule has 2 rings (SSSR count). The summed E-state index contributed by atoms with van der Waals surface area (Å²) in [6.45, 7) is 7.02. The average Bonchev–Trinajstić information content (AvgIpc) is 2.85. The molecule has 98 valence electrons. The van der Waals surface area contributed by atoms with Gasteiger partial charge in [0.15, 0.2) is 0 Å². The van der Waals surface area contributed by atoms with Gasteiger partial charge in [-0.2, -0.15) is 0 Å². The predicted molar refractivity (Wildman–Crippen MR) is 64.7 cm³/mol. The molecule has 0 aliphatic carbocycles. The lowest BCUT2D eigenvalue weighted by atomic mass is 9.99. The van der Waals surface area contributed by atoms with Crippen LogP contribution in [-0.4, -0.2) is 49.8 Å².